The van der Waals surface area contributed by atoms with Crippen LogP contribution in [0, 0.1) is 5.92 Å². The topological polar surface area (TPSA) is 60.9 Å². The molecule has 2 unspecified atom stereocenters. The van der Waals surface area contributed by atoms with Crippen LogP contribution in [0.3, 0.4) is 0 Å². The number of Topliss-reactive ketones (excluding diaryl/α,β-unsaturated/α-hetero) is 1. The highest BCUT2D eigenvalue weighted by molar-refractivity contribution is 6.33. The number of nitrogens with two attached hydrogens (primary N) is 1. The fourth-order valence-electron chi connectivity index (χ4n) is 1.94. The highest BCUT2D eigenvalue weighted by atomic mass is 35.5. The van der Waals surface area contributed by atoms with Crippen molar-refractivity contribution in [3.8, 4) is 0 Å². The number of carbonyl (C=O) groups is 1. The van der Waals surface area contributed by atoms with Crippen molar-refractivity contribution < 1.29 is 4.79 Å². The first-order valence-corrected chi connectivity index (χ1v) is 5.70. The van der Waals surface area contributed by atoms with E-state index in [-0.39, 0.29) is 17.7 Å². The fraction of sp³-hybridized carbons (Fsp3) is 0.455. The zero-order chi connectivity index (χ0) is 11.7. The number of nitrogens with zero attached hydrogens (tertiary/aromatic N) is 2. The van der Waals surface area contributed by atoms with Gasteiger partial charge in [-0.05, 0) is 13.3 Å². The van der Waals surface area contributed by atoms with E-state index in [9.17, 15) is 4.79 Å². The number of aryl methyl sites for hydroxylation is 1. The molecule has 0 aliphatic heterocycles. The van der Waals surface area contributed by atoms with Gasteiger partial charge in [0.25, 0.3) is 0 Å². The predicted octanol–water partition coefficient (Wildman–Crippen LogP) is 1.64. The maximum Gasteiger partial charge on any atom is 0.189 e. The van der Waals surface area contributed by atoms with Crippen molar-refractivity contribution in [2.75, 3.05) is 0 Å². The second kappa shape index (κ2) is 4.39. The zero-order valence-corrected chi connectivity index (χ0v) is 9.81. The van der Waals surface area contributed by atoms with Crippen LogP contribution < -0.4 is 5.73 Å². The lowest BCUT2D eigenvalue weighted by molar-refractivity contribution is 0.0932. The predicted molar refractivity (Wildman–Crippen MR) is 62.5 cm³/mol. The maximum absolute atomic E-state index is 12.2. The van der Waals surface area contributed by atoms with E-state index in [1.165, 1.54) is 6.20 Å². The van der Waals surface area contributed by atoms with E-state index in [4.69, 9.17) is 17.3 Å². The van der Waals surface area contributed by atoms with Crippen LogP contribution in [0.15, 0.2) is 18.3 Å². The fourth-order valence-corrected chi connectivity index (χ4v) is 2.18. The van der Waals surface area contributed by atoms with Crippen molar-refractivity contribution >= 4 is 17.4 Å². The molecule has 1 heterocycles. The molecule has 0 bridgehead atoms. The van der Waals surface area contributed by atoms with Crippen LogP contribution in [0.25, 0.3) is 0 Å². The molecule has 1 aromatic heterocycles. The first kappa shape index (κ1) is 11.4. The van der Waals surface area contributed by atoms with E-state index < -0.39 is 0 Å². The van der Waals surface area contributed by atoms with Crippen LogP contribution in [0.4, 0.5) is 0 Å². The van der Waals surface area contributed by atoms with Crippen LogP contribution in [-0.4, -0.2) is 21.6 Å². The van der Waals surface area contributed by atoms with Gasteiger partial charge in [-0.2, -0.15) is 5.10 Å². The van der Waals surface area contributed by atoms with Gasteiger partial charge in [-0.15, -0.1) is 0 Å². The van der Waals surface area contributed by atoms with Crippen LogP contribution in [0.2, 0.25) is 5.02 Å². The van der Waals surface area contributed by atoms with E-state index >= 15 is 0 Å². The molecule has 16 heavy (non-hydrogen) atoms. The monoisotopic (exact) mass is 239 g/mol. The van der Waals surface area contributed by atoms with Gasteiger partial charge < -0.3 is 5.73 Å². The number of hydrogen-bond acceptors (Lipinski definition) is 3. The maximum atomic E-state index is 12.2. The Morgan fingerprint density at radius 3 is 3.00 bits per heavy atom. The lowest BCUT2D eigenvalue weighted by atomic mass is 10.0. The quantitative estimate of drug-likeness (QED) is 0.644. The third kappa shape index (κ3) is 1.90. The molecule has 0 saturated heterocycles. The smallest absolute Gasteiger partial charge is 0.189 e. The van der Waals surface area contributed by atoms with Gasteiger partial charge in [0.15, 0.2) is 5.78 Å². The molecule has 2 N–H and O–H groups in total. The molecule has 86 valence electrons. The van der Waals surface area contributed by atoms with E-state index in [0.29, 0.717) is 23.7 Å². The van der Waals surface area contributed by atoms with Crippen LogP contribution in [-0.2, 0) is 6.54 Å². The van der Waals surface area contributed by atoms with Crippen LogP contribution in [0.5, 0.6) is 0 Å². The number of halogens is 1. The van der Waals surface area contributed by atoms with Crippen LogP contribution >= 0.6 is 11.6 Å². The highest BCUT2D eigenvalue weighted by Crippen LogP contribution is 2.25. The molecule has 0 radical (unpaired) electrons. The molecule has 0 aromatic carbocycles. The summed E-state index contributed by atoms with van der Waals surface area (Å²) in [5.41, 5.74) is 6.22. The highest BCUT2D eigenvalue weighted by Gasteiger charge is 2.27. The average Bonchev–Trinajstić information content (AvgIpc) is 2.83. The summed E-state index contributed by atoms with van der Waals surface area (Å²) in [5.74, 6) is -0.150. The third-order valence-corrected chi connectivity index (χ3v) is 3.06. The van der Waals surface area contributed by atoms with Gasteiger partial charge in [0.2, 0.25) is 0 Å². The van der Waals surface area contributed by atoms with Gasteiger partial charge >= 0.3 is 0 Å². The standard InChI is InChI=1S/C11H14ClN3O/c1-2-15-10(9(12)6-14-15)11(16)7-3-4-8(13)5-7/h3-4,6-8H,2,5,13H2,1H3. The minimum atomic E-state index is -0.158. The lowest BCUT2D eigenvalue weighted by Crippen LogP contribution is -2.21. The van der Waals surface area contributed by atoms with Gasteiger partial charge in [0.1, 0.15) is 5.69 Å². The van der Waals surface area contributed by atoms with Crippen molar-refractivity contribution in [2.24, 2.45) is 11.7 Å². The summed E-state index contributed by atoms with van der Waals surface area (Å²) >= 11 is 5.97. The number of hydrogen-bond donors (Lipinski definition) is 1. The number of carbonyl (C=O) groups excluding carboxylic acids is 1. The molecule has 0 amide bonds. The third-order valence-electron chi connectivity index (χ3n) is 2.78. The molecular formula is C11H14ClN3O. The van der Waals surface area contributed by atoms with Gasteiger partial charge in [0, 0.05) is 18.5 Å². The Morgan fingerprint density at radius 1 is 1.69 bits per heavy atom. The molecule has 5 heteroatoms. The van der Waals surface area contributed by atoms with Crippen molar-refractivity contribution in [1.82, 2.24) is 9.78 Å². The minimum Gasteiger partial charge on any atom is -0.324 e. The van der Waals surface area contributed by atoms with Gasteiger partial charge in [0.05, 0.1) is 11.2 Å². The average molecular weight is 240 g/mol. The Bertz CT molecular complexity index is 438. The summed E-state index contributed by atoms with van der Waals surface area (Å²) in [6.07, 6.45) is 5.89. The largest absolute Gasteiger partial charge is 0.324 e. The molecule has 1 aliphatic rings. The van der Waals surface area contributed by atoms with Gasteiger partial charge in [-0.3, -0.25) is 9.48 Å². The van der Waals surface area contributed by atoms with Crippen LogP contribution in [0.1, 0.15) is 23.8 Å². The molecule has 1 aromatic rings. The molecule has 1 aliphatic carbocycles. The Labute approximate surface area is 99.1 Å². The van der Waals surface area contributed by atoms with Crippen molar-refractivity contribution in [1.29, 1.82) is 0 Å². The number of aromatic nitrogens is 2. The van der Waals surface area contributed by atoms with E-state index in [1.54, 1.807) is 4.68 Å². The van der Waals surface area contributed by atoms with E-state index in [0.717, 1.165) is 0 Å². The van der Waals surface area contributed by atoms with Crippen molar-refractivity contribution in [3.05, 3.63) is 29.1 Å². The number of ketones is 1. The number of rotatable bonds is 3. The molecule has 2 atom stereocenters. The van der Waals surface area contributed by atoms with E-state index in [2.05, 4.69) is 5.10 Å². The minimum absolute atomic E-state index is 0.00792. The molecule has 0 saturated carbocycles. The summed E-state index contributed by atoms with van der Waals surface area (Å²) < 4.78 is 1.63. The first-order chi connectivity index (χ1) is 7.63. The normalized spacial score (nSPS) is 23.9. The number of allylic oxidation sites excluding steroid dienone is 1. The Hall–Kier alpha value is -1.13. The van der Waals surface area contributed by atoms with Crippen molar-refractivity contribution in [2.45, 2.75) is 25.9 Å². The molecule has 2 rings (SSSR count). The van der Waals surface area contributed by atoms with Crippen molar-refractivity contribution in [3.63, 3.8) is 0 Å². The summed E-state index contributed by atoms with van der Waals surface area (Å²) in [6.45, 7) is 2.56. The molecule has 0 fully saturated rings. The summed E-state index contributed by atoms with van der Waals surface area (Å²) in [7, 11) is 0. The Balaban J connectivity index is 2.27. The van der Waals surface area contributed by atoms with E-state index in [1.807, 2.05) is 19.1 Å². The Kier molecular flexibility index (Phi) is 3.12. The summed E-state index contributed by atoms with van der Waals surface area (Å²) in [6, 6.07) is -0.0225. The second-order valence-electron chi connectivity index (χ2n) is 3.91. The lowest BCUT2D eigenvalue weighted by Gasteiger charge is -2.10. The summed E-state index contributed by atoms with van der Waals surface area (Å²) in [4.78, 5) is 12.2. The summed E-state index contributed by atoms with van der Waals surface area (Å²) in [5, 5.41) is 4.47. The SMILES string of the molecule is CCn1ncc(Cl)c1C(=O)C1C=CC(N)C1. The molecular weight excluding hydrogens is 226 g/mol. The molecule has 4 nitrogen and oxygen atoms in total. The van der Waals surface area contributed by atoms with Gasteiger partial charge in [-0.25, -0.2) is 0 Å². The zero-order valence-electron chi connectivity index (χ0n) is 9.06. The second-order valence-corrected chi connectivity index (χ2v) is 4.32. The first-order valence-electron chi connectivity index (χ1n) is 5.33. The Morgan fingerprint density at radius 2 is 2.44 bits per heavy atom. The van der Waals surface area contributed by atoms with Gasteiger partial charge in [-0.1, -0.05) is 23.8 Å². The molecule has 0 spiro atoms.